The Balaban J connectivity index is 1.53. The zero-order valence-electron chi connectivity index (χ0n) is 21.0. The number of hydrogen-bond donors (Lipinski definition) is 3. The summed E-state index contributed by atoms with van der Waals surface area (Å²) in [5.41, 5.74) is 5.23. The van der Waals surface area contributed by atoms with Crippen LogP contribution in [-0.2, 0) is 20.9 Å². The van der Waals surface area contributed by atoms with Crippen molar-refractivity contribution in [1.29, 1.82) is 0 Å². The van der Waals surface area contributed by atoms with Crippen LogP contribution < -0.4 is 30.3 Å². The Morgan fingerprint density at radius 3 is 2.42 bits per heavy atom. The lowest BCUT2D eigenvalue weighted by Gasteiger charge is -2.13. The standard InChI is InChI=1S/C27H27BrN4O6/c1-17-5-4-6-20(11-17)31-24(33)16-38-25-22(28)12-19(13-23(25)37-3)15-30-32-27(35)26(34)29-14-18-7-9-21(36-2)10-8-18/h4-13,15H,14,16H2,1-3H3,(H,29,34)(H,31,33)(H,32,35)/b30-15-. The molecule has 0 aliphatic heterocycles. The van der Waals surface area contributed by atoms with Gasteiger partial charge in [0.05, 0.1) is 24.9 Å². The minimum Gasteiger partial charge on any atom is -0.497 e. The van der Waals surface area contributed by atoms with Crippen molar-refractivity contribution < 1.29 is 28.6 Å². The molecular formula is C27H27BrN4O6. The van der Waals surface area contributed by atoms with E-state index >= 15 is 0 Å². The Labute approximate surface area is 228 Å². The van der Waals surface area contributed by atoms with Crippen LogP contribution in [0.2, 0.25) is 0 Å². The van der Waals surface area contributed by atoms with Crippen LogP contribution in [0.3, 0.4) is 0 Å². The number of aryl methyl sites for hydroxylation is 1. The first-order chi connectivity index (χ1) is 18.3. The molecule has 0 saturated carbocycles. The first kappa shape index (κ1) is 28.2. The number of carbonyl (C=O) groups is 3. The van der Waals surface area contributed by atoms with Gasteiger partial charge in [0.25, 0.3) is 5.91 Å². The minimum atomic E-state index is -0.916. The molecule has 10 nitrogen and oxygen atoms in total. The third-order valence-electron chi connectivity index (χ3n) is 5.10. The number of nitrogens with zero attached hydrogens (tertiary/aromatic N) is 1. The number of nitrogens with one attached hydrogen (secondary N) is 3. The van der Waals surface area contributed by atoms with Crippen LogP contribution >= 0.6 is 15.9 Å². The van der Waals surface area contributed by atoms with E-state index in [1.807, 2.05) is 25.1 Å². The molecule has 3 amide bonds. The molecule has 0 radical (unpaired) electrons. The van der Waals surface area contributed by atoms with Gasteiger partial charge in [-0.05, 0) is 75.9 Å². The van der Waals surface area contributed by atoms with Crippen LogP contribution in [0.1, 0.15) is 16.7 Å². The van der Waals surface area contributed by atoms with Crippen LogP contribution in [0.25, 0.3) is 0 Å². The Hall–Kier alpha value is -4.38. The summed E-state index contributed by atoms with van der Waals surface area (Å²) in [4.78, 5) is 36.4. The smallest absolute Gasteiger partial charge is 0.329 e. The van der Waals surface area contributed by atoms with E-state index in [0.29, 0.717) is 33.0 Å². The summed E-state index contributed by atoms with van der Waals surface area (Å²) in [6.07, 6.45) is 1.34. The van der Waals surface area contributed by atoms with Gasteiger partial charge in [-0.2, -0.15) is 5.10 Å². The van der Waals surface area contributed by atoms with E-state index in [0.717, 1.165) is 11.1 Å². The van der Waals surface area contributed by atoms with E-state index in [1.165, 1.54) is 13.3 Å². The molecule has 3 N–H and O–H groups in total. The lowest BCUT2D eigenvalue weighted by atomic mass is 10.2. The number of methoxy groups -OCH3 is 2. The summed E-state index contributed by atoms with van der Waals surface area (Å²) in [6, 6.07) is 17.8. The van der Waals surface area contributed by atoms with Crippen molar-refractivity contribution in [2.75, 3.05) is 26.1 Å². The summed E-state index contributed by atoms with van der Waals surface area (Å²) < 4.78 is 16.6. The molecule has 198 valence electrons. The molecule has 3 aromatic carbocycles. The van der Waals surface area contributed by atoms with Crippen LogP contribution in [0, 0.1) is 6.92 Å². The van der Waals surface area contributed by atoms with Crippen molar-refractivity contribution in [3.8, 4) is 17.2 Å². The second kappa shape index (κ2) is 13.8. The minimum absolute atomic E-state index is 0.175. The second-order valence-electron chi connectivity index (χ2n) is 7.97. The molecule has 0 atom stereocenters. The summed E-state index contributed by atoms with van der Waals surface area (Å²) in [5.74, 6) is -0.717. The SMILES string of the molecule is COc1ccc(CNC(=O)C(=O)N/N=C\c2cc(Br)c(OCC(=O)Nc3cccc(C)c3)c(OC)c2)cc1. The van der Waals surface area contributed by atoms with Crippen molar-refractivity contribution >= 4 is 45.6 Å². The summed E-state index contributed by atoms with van der Waals surface area (Å²) in [7, 11) is 3.02. The van der Waals surface area contributed by atoms with Crippen molar-refractivity contribution in [2.24, 2.45) is 5.10 Å². The van der Waals surface area contributed by atoms with Crippen molar-refractivity contribution in [2.45, 2.75) is 13.5 Å². The molecule has 3 rings (SSSR count). The molecule has 0 unspecified atom stereocenters. The summed E-state index contributed by atoms with van der Waals surface area (Å²) in [5, 5.41) is 9.12. The fourth-order valence-corrected chi connectivity index (χ4v) is 3.81. The van der Waals surface area contributed by atoms with Crippen LogP contribution in [0.4, 0.5) is 5.69 Å². The fraction of sp³-hybridized carbons (Fsp3) is 0.185. The van der Waals surface area contributed by atoms with E-state index < -0.39 is 11.8 Å². The molecule has 3 aromatic rings. The van der Waals surface area contributed by atoms with Gasteiger partial charge in [-0.1, -0.05) is 24.3 Å². The highest BCUT2D eigenvalue weighted by Gasteiger charge is 2.15. The molecule has 0 bridgehead atoms. The third-order valence-corrected chi connectivity index (χ3v) is 5.69. The third kappa shape index (κ3) is 8.34. The van der Waals surface area contributed by atoms with E-state index in [2.05, 4.69) is 37.1 Å². The van der Waals surface area contributed by atoms with Gasteiger partial charge in [-0.25, -0.2) is 5.43 Å². The van der Waals surface area contributed by atoms with E-state index in [1.54, 1.807) is 49.6 Å². The molecule has 0 heterocycles. The highest BCUT2D eigenvalue weighted by Crippen LogP contribution is 2.36. The molecular weight excluding hydrogens is 556 g/mol. The number of rotatable bonds is 10. The topological polar surface area (TPSA) is 127 Å². The highest BCUT2D eigenvalue weighted by molar-refractivity contribution is 9.10. The van der Waals surface area contributed by atoms with Gasteiger partial charge in [-0.15, -0.1) is 0 Å². The zero-order valence-corrected chi connectivity index (χ0v) is 22.6. The predicted octanol–water partition coefficient (Wildman–Crippen LogP) is 3.56. The van der Waals surface area contributed by atoms with Crippen LogP contribution in [0.15, 0.2) is 70.2 Å². The Morgan fingerprint density at radius 2 is 1.74 bits per heavy atom. The van der Waals surface area contributed by atoms with Gasteiger partial charge < -0.3 is 24.8 Å². The first-order valence-corrected chi connectivity index (χ1v) is 12.2. The number of halogens is 1. The van der Waals surface area contributed by atoms with Gasteiger partial charge in [0.2, 0.25) is 0 Å². The lowest BCUT2D eigenvalue weighted by Crippen LogP contribution is -2.37. The molecule has 11 heteroatoms. The van der Waals surface area contributed by atoms with Gasteiger partial charge in [0.1, 0.15) is 5.75 Å². The number of hydrazone groups is 1. The summed E-state index contributed by atoms with van der Waals surface area (Å²) >= 11 is 3.40. The molecule has 0 fully saturated rings. The average Bonchev–Trinajstić information content (AvgIpc) is 2.91. The number of anilines is 1. The van der Waals surface area contributed by atoms with Gasteiger partial charge >= 0.3 is 11.8 Å². The highest BCUT2D eigenvalue weighted by atomic mass is 79.9. The Bertz CT molecular complexity index is 1330. The largest absolute Gasteiger partial charge is 0.497 e. The predicted molar refractivity (Wildman–Crippen MR) is 147 cm³/mol. The average molecular weight is 583 g/mol. The zero-order chi connectivity index (χ0) is 27.5. The van der Waals surface area contributed by atoms with Crippen molar-refractivity contribution in [3.63, 3.8) is 0 Å². The number of carbonyl (C=O) groups excluding carboxylic acids is 3. The van der Waals surface area contributed by atoms with Gasteiger partial charge in [0.15, 0.2) is 18.1 Å². The Kier molecular flexibility index (Phi) is 10.2. The maximum Gasteiger partial charge on any atom is 0.329 e. The normalized spacial score (nSPS) is 10.5. The van der Waals surface area contributed by atoms with Gasteiger partial charge in [-0.3, -0.25) is 14.4 Å². The van der Waals surface area contributed by atoms with Crippen molar-refractivity contribution in [1.82, 2.24) is 10.7 Å². The second-order valence-corrected chi connectivity index (χ2v) is 8.82. The Morgan fingerprint density at radius 1 is 0.974 bits per heavy atom. The number of hydrogen-bond acceptors (Lipinski definition) is 7. The van der Waals surface area contributed by atoms with Crippen LogP contribution in [0.5, 0.6) is 17.2 Å². The number of amides is 3. The lowest BCUT2D eigenvalue weighted by molar-refractivity contribution is -0.139. The van der Waals surface area contributed by atoms with E-state index in [4.69, 9.17) is 14.2 Å². The van der Waals surface area contributed by atoms with Crippen molar-refractivity contribution in [3.05, 3.63) is 81.8 Å². The van der Waals surface area contributed by atoms with E-state index in [-0.39, 0.29) is 19.1 Å². The molecule has 0 aromatic heterocycles. The molecule has 0 aliphatic carbocycles. The monoisotopic (exact) mass is 582 g/mol. The maximum absolute atomic E-state index is 12.3. The number of benzene rings is 3. The van der Waals surface area contributed by atoms with Gasteiger partial charge in [0, 0.05) is 12.2 Å². The van der Waals surface area contributed by atoms with Crippen LogP contribution in [-0.4, -0.2) is 44.8 Å². The molecule has 38 heavy (non-hydrogen) atoms. The van der Waals surface area contributed by atoms with E-state index in [9.17, 15) is 14.4 Å². The molecule has 0 saturated heterocycles. The number of ether oxygens (including phenoxy) is 3. The quantitative estimate of drug-likeness (QED) is 0.190. The molecule has 0 aliphatic rings. The fourth-order valence-electron chi connectivity index (χ4n) is 3.23. The maximum atomic E-state index is 12.3. The summed E-state index contributed by atoms with van der Waals surface area (Å²) in [6.45, 7) is 1.87. The molecule has 0 spiro atoms. The first-order valence-electron chi connectivity index (χ1n) is 11.4.